The summed E-state index contributed by atoms with van der Waals surface area (Å²) < 4.78 is 4.82. The number of halogens is 1. The summed E-state index contributed by atoms with van der Waals surface area (Å²) >= 11 is 1.05. The molecular weight excluding hydrogens is 230 g/mol. The molecule has 0 aliphatic rings. The molecule has 6 nitrogen and oxygen atoms in total. The summed E-state index contributed by atoms with van der Waals surface area (Å²) in [5, 5.41) is 17.0. The van der Waals surface area contributed by atoms with E-state index in [9.17, 15) is 10.1 Å². The highest BCUT2D eigenvalue weighted by atomic mass is 35.5. The molecule has 1 rings (SSSR count). The van der Waals surface area contributed by atoms with Crippen molar-refractivity contribution < 1.29 is 21.7 Å². The molecule has 0 aromatic carbocycles. The van der Waals surface area contributed by atoms with Crippen molar-refractivity contribution in [2.24, 2.45) is 5.73 Å². The number of nitrogens with zero attached hydrogens (tertiary/aromatic N) is 1. The molecule has 3 N–H and O–H groups in total. The number of hydrogen-bond acceptors (Lipinski definition) is 5. The molecule has 0 aliphatic heterocycles. The summed E-state index contributed by atoms with van der Waals surface area (Å²) in [5.41, 5.74) is 5.08. The van der Waals surface area contributed by atoms with Crippen LogP contribution in [0.5, 0.6) is 0 Å². The number of furan rings is 1. The van der Waals surface area contributed by atoms with Crippen molar-refractivity contribution in [2.75, 3.05) is 0 Å². The fourth-order valence-corrected chi connectivity index (χ4v) is 1.14. The smallest absolute Gasteiger partial charge is 0.433 e. The van der Waals surface area contributed by atoms with Crippen molar-refractivity contribution in [3.05, 3.63) is 28.0 Å². The monoisotopic (exact) mass is 236 g/mol. The van der Waals surface area contributed by atoms with Gasteiger partial charge < -0.3 is 22.6 Å². The first-order valence-electron chi connectivity index (χ1n) is 3.29. The molecule has 0 saturated heterocycles. The number of nitro groups is 1. The molecule has 0 spiro atoms. The van der Waals surface area contributed by atoms with Crippen LogP contribution in [0.4, 0.5) is 5.88 Å². The molecule has 1 heterocycles. The van der Waals surface area contributed by atoms with Gasteiger partial charge >= 0.3 is 5.88 Å². The number of nitrogens with one attached hydrogen (secondary N) is 1. The third-order valence-corrected chi connectivity index (χ3v) is 1.94. The zero-order valence-corrected chi connectivity index (χ0v) is 8.47. The third kappa shape index (κ3) is 3.67. The van der Waals surface area contributed by atoms with E-state index in [1.54, 1.807) is 0 Å². The van der Waals surface area contributed by atoms with Gasteiger partial charge in [0.05, 0.1) is 11.8 Å². The van der Waals surface area contributed by atoms with Crippen LogP contribution in [0.15, 0.2) is 16.5 Å². The van der Waals surface area contributed by atoms with Crippen molar-refractivity contribution in [3.8, 4) is 0 Å². The Balaban J connectivity index is 0.00000169. The minimum absolute atomic E-state index is 0. The summed E-state index contributed by atoms with van der Waals surface area (Å²) in [6.45, 7) is 0. The van der Waals surface area contributed by atoms with Crippen molar-refractivity contribution in [1.29, 1.82) is 5.41 Å². The van der Waals surface area contributed by atoms with Crippen LogP contribution in [0, 0.1) is 15.5 Å². The molecular formula is C6H7ClN3O3S-. The van der Waals surface area contributed by atoms with Crippen LogP contribution < -0.4 is 18.1 Å². The first kappa shape index (κ1) is 12.8. The Bertz CT molecular complexity index is 341. The first-order valence-corrected chi connectivity index (χ1v) is 4.28. The second-order valence-electron chi connectivity index (χ2n) is 2.15. The number of hydrogen-bond donors (Lipinski definition) is 2. The first-order chi connectivity index (χ1) is 6.09. The molecule has 78 valence electrons. The van der Waals surface area contributed by atoms with Crippen molar-refractivity contribution in [3.63, 3.8) is 0 Å². The maximum Gasteiger partial charge on any atom is 0.433 e. The maximum atomic E-state index is 10.2. The van der Waals surface area contributed by atoms with E-state index in [0.29, 0.717) is 11.5 Å². The van der Waals surface area contributed by atoms with Gasteiger partial charge in [-0.2, -0.15) is 0 Å². The SMILES string of the molecule is N=C(N)SCc1ccc([N+](=O)[O-])o1.[Cl-]. The van der Waals surface area contributed by atoms with E-state index in [2.05, 4.69) is 0 Å². The predicted octanol–water partition coefficient (Wildman–Crippen LogP) is -1.68. The molecule has 0 radical (unpaired) electrons. The standard InChI is InChI=1S/C6H7N3O3S.ClH/c7-6(8)13-3-4-1-2-5(12-4)9(10)11;/h1-2H,3H2,(H3,7,8);1H/p-1. The highest BCUT2D eigenvalue weighted by molar-refractivity contribution is 8.13. The maximum absolute atomic E-state index is 10.2. The third-order valence-electron chi connectivity index (χ3n) is 1.20. The minimum Gasteiger partial charge on any atom is -1.00 e. The lowest BCUT2D eigenvalue weighted by Crippen LogP contribution is -3.00. The normalized spacial score (nSPS) is 9.14. The summed E-state index contributed by atoms with van der Waals surface area (Å²) in [7, 11) is 0. The van der Waals surface area contributed by atoms with Gasteiger partial charge in [0.25, 0.3) is 0 Å². The molecule has 1 aromatic heterocycles. The zero-order chi connectivity index (χ0) is 9.84. The number of rotatable bonds is 3. The van der Waals surface area contributed by atoms with E-state index in [1.807, 2.05) is 0 Å². The molecule has 0 amide bonds. The lowest BCUT2D eigenvalue weighted by molar-refractivity contribution is -0.402. The fourth-order valence-electron chi connectivity index (χ4n) is 0.691. The lowest BCUT2D eigenvalue weighted by atomic mass is 10.5. The van der Waals surface area contributed by atoms with Gasteiger partial charge in [-0.25, -0.2) is 0 Å². The van der Waals surface area contributed by atoms with Crippen LogP contribution in [-0.4, -0.2) is 10.1 Å². The highest BCUT2D eigenvalue weighted by Gasteiger charge is 2.11. The van der Waals surface area contributed by atoms with Gasteiger partial charge in [0, 0.05) is 0 Å². The van der Waals surface area contributed by atoms with Crippen LogP contribution >= 0.6 is 11.8 Å². The second-order valence-corrected chi connectivity index (χ2v) is 3.17. The van der Waals surface area contributed by atoms with E-state index >= 15 is 0 Å². The predicted molar refractivity (Wildman–Crippen MR) is 48.6 cm³/mol. The number of thioether (sulfide) groups is 1. The van der Waals surface area contributed by atoms with E-state index in [4.69, 9.17) is 15.6 Å². The van der Waals surface area contributed by atoms with Gasteiger partial charge in [0.2, 0.25) is 0 Å². The van der Waals surface area contributed by atoms with Crippen LogP contribution in [0.2, 0.25) is 0 Å². The van der Waals surface area contributed by atoms with Gasteiger partial charge in [-0.05, 0) is 6.07 Å². The van der Waals surface area contributed by atoms with Gasteiger partial charge in [0.15, 0.2) is 5.17 Å². The molecule has 0 fully saturated rings. The summed E-state index contributed by atoms with van der Waals surface area (Å²) in [6.07, 6.45) is 0. The molecule has 1 aromatic rings. The molecule has 0 atom stereocenters. The summed E-state index contributed by atoms with van der Waals surface area (Å²) in [5.74, 6) is 0.481. The summed E-state index contributed by atoms with van der Waals surface area (Å²) in [4.78, 5) is 9.58. The number of nitrogens with two attached hydrogens (primary N) is 1. The van der Waals surface area contributed by atoms with E-state index < -0.39 is 4.92 Å². The van der Waals surface area contributed by atoms with E-state index in [-0.39, 0.29) is 23.5 Å². The topological polar surface area (TPSA) is 106 Å². The Labute approximate surface area is 89.9 Å². The number of amidine groups is 1. The van der Waals surface area contributed by atoms with Crippen molar-refractivity contribution in [2.45, 2.75) is 5.75 Å². The van der Waals surface area contributed by atoms with Gasteiger partial charge in [-0.3, -0.25) is 15.5 Å². The fraction of sp³-hybridized carbons (Fsp3) is 0.167. The largest absolute Gasteiger partial charge is 1.00 e. The van der Waals surface area contributed by atoms with Crippen LogP contribution in [0.25, 0.3) is 0 Å². The van der Waals surface area contributed by atoms with Gasteiger partial charge in [-0.15, -0.1) is 0 Å². The van der Waals surface area contributed by atoms with Crippen LogP contribution in [0.1, 0.15) is 5.76 Å². The molecule has 0 unspecified atom stereocenters. The highest BCUT2D eigenvalue weighted by Crippen LogP contribution is 2.19. The van der Waals surface area contributed by atoms with Gasteiger partial charge in [-0.1, -0.05) is 11.8 Å². The lowest BCUT2D eigenvalue weighted by Gasteiger charge is -1.92. The Morgan fingerprint density at radius 1 is 1.71 bits per heavy atom. The van der Waals surface area contributed by atoms with Crippen molar-refractivity contribution in [1.82, 2.24) is 0 Å². The molecule has 14 heavy (non-hydrogen) atoms. The molecule has 0 bridgehead atoms. The van der Waals surface area contributed by atoms with Gasteiger partial charge in [0.1, 0.15) is 10.7 Å². The average molecular weight is 237 g/mol. The average Bonchev–Trinajstić information content (AvgIpc) is 2.48. The van der Waals surface area contributed by atoms with Crippen molar-refractivity contribution >= 4 is 22.8 Å². The molecule has 8 heteroatoms. The Hall–Kier alpha value is -1.21. The molecule has 0 aliphatic carbocycles. The Morgan fingerprint density at radius 2 is 2.36 bits per heavy atom. The van der Waals surface area contributed by atoms with Crippen LogP contribution in [0.3, 0.4) is 0 Å². The quantitative estimate of drug-likeness (QED) is 0.282. The Kier molecular flexibility index (Phi) is 5.03. The second kappa shape index (κ2) is 5.51. The van der Waals surface area contributed by atoms with E-state index in [1.165, 1.54) is 12.1 Å². The van der Waals surface area contributed by atoms with E-state index in [0.717, 1.165) is 11.8 Å². The van der Waals surface area contributed by atoms with Crippen LogP contribution in [-0.2, 0) is 5.75 Å². The zero-order valence-electron chi connectivity index (χ0n) is 6.90. The molecule has 0 saturated carbocycles. The minimum atomic E-state index is -0.609. The Morgan fingerprint density at radius 3 is 2.79 bits per heavy atom. The summed E-state index contributed by atoms with van der Waals surface area (Å²) in [6, 6.07) is 2.77.